The summed E-state index contributed by atoms with van der Waals surface area (Å²) < 4.78 is 6.69. The highest BCUT2D eigenvalue weighted by atomic mass is 127. The molecular weight excluding hydrogens is 377 g/mol. The Labute approximate surface area is 139 Å². The largest absolute Gasteiger partial charge is 0.491 e. The summed E-state index contributed by atoms with van der Waals surface area (Å²) in [6.45, 7) is 3.05. The molecule has 2 aromatic carbocycles. The molecule has 2 rings (SSSR count). The van der Waals surface area contributed by atoms with E-state index in [9.17, 15) is 4.79 Å². The first-order chi connectivity index (χ1) is 10.1. The monoisotopic (exact) mass is 395 g/mol. The molecule has 0 bridgehead atoms. The van der Waals surface area contributed by atoms with Crippen molar-refractivity contribution in [2.24, 2.45) is 0 Å². The first-order valence-electron chi connectivity index (χ1n) is 6.78. The minimum Gasteiger partial charge on any atom is -0.491 e. The Bertz CT molecular complexity index is 628. The maximum absolute atomic E-state index is 12.3. The third-order valence-electron chi connectivity index (χ3n) is 3.23. The van der Waals surface area contributed by atoms with Gasteiger partial charge in [-0.3, -0.25) is 4.79 Å². The van der Waals surface area contributed by atoms with Crippen molar-refractivity contribution < 1.29 is 9.53 Å². The van der Waals surface area contributed by atoms with Gasteiger partial charge >= 0.3 is 0 Å². The Morgan fingerprint density at radius 2 is 1.81 bits per heavy atom. The molecule has 0 fully saturated rings. The molecule has 0 spiro atoms. The fourth-order valence-electron chi connectivity index (χ4n) is 1.95. The molecule has 0 heterocycles. The highest BCUT2D eigenvalue weighted by Crippen LogP contribution is 2.16. The fourth-order valence-corrected chi connectivity index (χ4v) is 2.57. The summed E-state index contributed by atoms with van der Waals surface area (Å²) in [6, 6.07) is 15.5. The number of hydrogen-bond acceptors (Lipinski definition) is 2. The van der Waals surface area contributed by atoms with Crippen molar-refractivity contribution in [2.75, 3.05) is 20.2 Å². The number of likely N-dealkylation sites (N-methyl/N-ethyl adjacent to an activating group) is 1. The maximum Gasteiger partial charge on any atom is 0.254 e. The summed E-state index contributed by atoms with van der Waals surface area (Å²) >= 11 is 2.18. The zero-order chi connectivity index (χ0) is 15.2. The quantitative estimate of drug-likeness (QED) is 0.722. The normalized spacial score (nSPS) is 10.2. The summed E-state index contributed by atoms with van der Waals surface area (Å²) in [5.74, 6) is 0.890. The SMILES string of the molecule is Cc1ccccc1OCCN(C)C(=O)c1ccccc1I. The van der Waals surface area contributed by atoms with Crippen LogP contribution in [0.15, 0.2) is 48.5 Å². The Morgan fingerprint density at radius 1 is 1.14 bits per heavy atom. The smallest absolute Gasteiger partial charge is 0.254 e. The lowest BCUT2D eigenvalue weighted by Gasteiger charge is -2.18. The molecule has 1 amide bonds. The van der Waals surface area contributed by atoms with Gasteiger partial charge in [-0.05, 0) is 53.3 Å². The van der Waals surface area contributed by atoms with E-state index in [0.717, 1.165) is 20.4 Å². The number of hydrogen-bond donors (Lipinski definition) is 0. The molecule has 4 heteroatoms. The van der Waals surface area contributed by atoms with Crippen LogP contribution >= 0.6 is 22.6 Å². The van der Waals surface area contributed by atoms with Gasteiger partial charge < -0.3 is 9.64 Å². The Morgan fingerprint density at radius 3 is 2.52 bits per heavy atom. The molecule has 21 heavy (non-hydrogen) atoms. The molecule has 0 atom stereocenters. The predicted octanol–water partition coefficient (Wildman–Crippen LogP) is 3.75. The van der Waals surface area contributed by atoms with E-state index in [4.69, 9.17) is 4.74 Å². The minimum atomic E-state index is 0.0217. The second-order valence-corrected chi connectivity index (χ2v) is 5.98. The molecule has 110 valence electrons. The van der Waals surface area contributed by atoms with Crippen LogP contribution in [-0.2, 0) is 0 Å². The van der Waals surface area contributed by atoms with E-state index in [1.54, 1.807) is 11.9 Å². The van der Waals surface area contributed by atoms with Gasteiger partial charge in [-0.2, -0.15) is 0 Å². The van der Waals surface area contributed by atoms with Crippen LogP contribution in [0.1, 0.15) is 15.9 Å². The second kappa shape index (κ2) is 7.45. The molecule has 0 aliphatic carbocycles. The lowest BCUT2D eigenvalue weighted by atomic mass is 10.2. The van der Waals surface area contributed by atoms with Gasteiger partial charge in [0, 0.05) is 10.6 Å². The molecule has 0 aliphatic rings. The Kier molecular flexibility index (Phi) is 5.61. The van der Waals surface area contributed by atoms with Crippen LogP contribution in [0.25, 0.3) is 0 Å². The number of para-hydroxylation sites is 1. The lowest BCUT2D eigenvalue weighted by Crippen LogP contribution is -2.31. The number of benzene rings is 2. The number of halogens is 1. The zero-order valence-corrected chi connectivity index (χ0v) is 14.3. The summed E-state index contributed by atoms with van der Waals surface area (Å²) in [6.07, 6.45) is 0. The molecule has 2 aromatic rings. The van der Waals surface area contributed by atoms with Crippen molar-refractivity contribution in [2.45, 2.75) is 6.92 Å². The number of carbonyl (C=O) groups is 1. The molecule has 0 aliphatic heterocycles. The van der Waals surface area contributed by atoms with Gasteiger partial charge in [-0.1, -0.05) is 30.3 Å². The van der Waals surface area contributed by atoms with Crippen LogP contribution in [0.2, 0.25) is 0 Å². The van der Waals surface area contributed by atoms with E-state index in [2.05, 4.69) is 22.6 Å². The van der Waals surface area contributed by atoms with Crippen molar-refractivity contribution in [3.05, 3.63) is 63.2 Å². The van der Waals surface area contributed by atoms with Crippen LogP contribution in [0.4, 0.5) is 0 Å². The summed E-state index contributed by atoms with van der Waals surface area (Å²) in [5, 5.41) is 0. The minimum absolute atomic E-state index is 0.0217. The number of amides is 1. The van der Waals surface area contributed by atoms with Gasteiger partial charge in [-0.25, -0.2) is 0 Å². The zero-order valence-electron chi connectivity index (χ0n) is 12.2. The molecule has 0 unspecified atom stereocenters. The average molecular weight is 395 g/mol. The number of rotatable bonds is 5. The van der Waals surface area contributed by atoms with Crippen LogP contribution < -0.4 is 4.74 Å². The molecule has 0 N–H and O–H groups in total. The number of nitrogens with zero attached hydrogens (tertiary/aromatic N) is 1. The summed E-state index contributed by atoms with van der Waals surface area (Å²) in [7, 11) is 1.80. The average Bonchev–Trinajstić information content (AvgIpc) is 2.49. The van der Waals surface area contributed by atoms with Crippen LogP contribution in [-0.4, -0.2) is 31.0 Å². The van der Waals surface area contributed by atoms with Crippen LogP contribution in [0.3, 0.4) is 0 Å². The van der Waals surface area contributed by atoms with Gasteiger partial charge in [0.1, 0.15) is 12.4 Å². The van der Waals surface area contributed by atoms with Gasteiger partial charge in [0.05, 0.1) is 12.1 Å². The summed E-state index contributed by atoms with van der Waals surface area (Å²) in [5.41, 5.74) is 1.83. The molecular formula is C17H18INO2. The van der Waals surface area contributed by atoms with Gasteiger partial charge in [0.25, 0.3) is 5.91 Å². The Balaban J connectivity index is 1.90. The topological polar surface area (TPSA) is 29.5 Å². The van der Waals surface area contributed by atoms with Crippen molar-refractivity contribution in [3.8, 4) is 5.75 Å². The molecule has 0 saturated heterocycles. The van der Waals surface area contributed by atoms with E-state index in [0.29, 0.717) is 13.2 Å². The molecule has 0 aromatic heterocycles. The second-order valence-electron chi connectivity index (χ2n) is 4.82. The lowest BCUT2D eigenvalue weighted by molar-refractivity contribution is 0.0772. The standard InChI is InChI=1S/C17H18INO2/c1-13-7-3-6-10-16(13)21-12-11-19(2)17(20)14-8-4-5-9-15(14)18/h3-10H,11-12H2,1-2H3. The first kappa shape index (κ1) is 15.8. The molecule has 0 saturated carbocycles. The highest BCUT2D eigenvalue weighted by Gasteiger charge is 2.14. The van der Waals surface area contributed by atoms with E-state index < -0.39 is 0 Å². The number of aryl methyl sites for hydroxylation is 1. The fraction of sp³-hybridized carbons (Fsp3) is 0.235. The van der Waals surface area contributed by atoms with E-state index in [-0.39, 0.29) is 5.91 Å². The summed E-state index contributed by atoms with van der Waals surface area (Å²) in [4.78, 5) is 14.0. The van der Waals surface area contributed by atoms with Gasteiger partial charge in [0.15, 0.2) is 0 Å². The van der Waals surface area contributed by atoms with Crippen molar-refractivity contribution >= 4 is 28.5 Å². The number of carbonyl (C=O) groups excluding carboxylic acids is 1. The van der Waals surface area contributed by atoms with Crippen molar-refractivity contribution in [1.29, 1.82) is 0 Å². The maximum atomic E-state index is 12.3. The first-order valence-corrected chi connectivity index (χ1v) is 7.86. The van der Waals surface area contributed by atoms with E-state index in [1.165, 1.54) is 0 Å². The van der Waals surface area contributed by atoms with E-state index in [1.807, 2.05) is 55.5 Å². The number of ether oxygens (including phenoxy) is 1. The van der Waals surface area contributed by atoms with Crippen molar-refractivity contribution in [1.82, 2.24) is 4.90 Å². The highest BCUT2D eigenvalue weighted by molar-refractivity contribution is 14.1. The van der Waals surface area contributed by atoms with E-state index >= 15 is 0 Å². The van der Waals surface area contributed by atoms with Gasteiger partial charge in [0.2, 0.25) is 0 Å². The third kappa shape index (κ3) is 4.20. The van der Waals surface area contributed by atoms with Gasteiger partial charge in [-0.15, -0.1) is 0 Å². The predicted molar refractivity (Wildman–Crippen MR) is 92.8 cm³/mol. The van der Waals surface area contributed by atoms with Crippen molar-refractivity contribution in [3.63, 3.8) is 0 Å². The molecule has 3 nitrogen and oxygen atoms in total. The molecule has 0 radical (unpaired) electrons. The Hall–Kier alpha value is -1.56. The van der Waals surface area contributed by atoms with Crippen LogP contribution in [0, 0.1) is 10.5 Å². The third-order valence-corrected chi connectivity index (χ3v) is 4.17. The van der Waals surface area contributed by atoms with Crippen LogP contribution in [0.5, 0.6) is 5.75 Å².